The van der Waals surface area contributed by atoms with Crippen molar-refractivity contribution in [1.82, 2.24) is 14.5 Å². The Morgan fingerprint density at radius 1 is 1.22 bits per heavy atom. The molecule has 2 amide bonds. The molecule has 0 atom stereocenters. The number of hydrogen-bond donors (Lipinski definition) is 3. The summed E-state index contributed by atoms with van der Waals surface area (Å²) in [5, 5.41) is 20.0. The number of amides is 2. The molecule has 0 unspecified atom stereocenters. The summed E-state index contributed by atoms with van der Waals surface area (Å²) in [4.78, 5) is 20.0. The quantitative estimate of drug-likeness (QED) is 0.266. The van der Waals surface area contributed by atoms with Crippen LogP contribution in [0.5, 0.6) is 5.75 Å². The highest BCUT2D eigenvalue weighted by molar-refractivity contribution is 7.13. The van der Waals surface area contributed by atoms with Crippen LogP contribution in [-0.2, 0) is 13.1 Å². The molecule has 2 aromatic heterocycles. The van der Waals surface area contributed by atoms with Crippen LogP contribution in [0.1, 0.15) is 25.5 Å². The Bertz CT molecular complexity index is 1410. The molecule has 2 aromatic carbocycles. The van der Waals surface area contributed by atoms with E-state index in [1.54, 1.807) is 36.6 Å². The number of carbonyl (C=O) groups is 1. The standard InChI is InChI=1S/C27H30ClN5O3S/c1-3-33-15-23(31-27(35)30-18-5-7-25(36-2)22(28)13-18)21-12-17(4-6-24(21)33)26-29-19(16-37-26)14-32-10-8-20(34)9-11-32/h4-7,12-13,15-16,20,34H,3,8-11,14H2,1-2H3,(H2,30,31,35). The Morgan fingerprint density at radius 3 is 2.76 bits per heavy atom. The molecule has 194 valence electrons. The van der Waals surface area contributed by atoms with Gasteiger partial charge in [0.2, 0.25) is 0 Å². The number of halogens is 1. The number of carbonyl (C=O) groups excluding carboxylic acids is 1. The minimum Gasteiger partial charge on any atom is -0.495 e. The molecular weight excluding hydrogens is 510 g/mol. The van der Waals surface area contributed by atoms with Crippen LogP contribution in [0.2, 0.25) is 5.02 Å². The smallest absolute Gasteiger partial charge is 0.323 e. The Kier molecular flexibility index (Phi) is 7.66. The molecule has 3 heterocycles. The molecule has 0 radical (unpaired) electrons. The Morgan fingerprint density at radius 2 is 2.03 bits per heavy atom. The van der Waals surface area contributed by atoms with Gasteiger partial charge in [0.1, 0.15) is 10.8 Å². The number of nitrogens with one attached hydrogen (secondary N) is 2. The second-order valence-corrected chi connectivity index (χ2v) is 10.4. The SMILES string of the molecule is CCn1cc(NC(=O)Nc2ccc(OC)c(Cl)c2)c2cc(-c3nc(CN4CCC(O)CC4)cs3)ccc21. The average molecular weight is 540 g/mol. The lowest BCUT2D eigenvalue weighted by Gasteiger charge is -2.28. The van der Waals surface area contributed by atoms with Crippen LogP contribution in [0, 0.1) is 0 Å². The number of urea groups is 1. The molecule has 0 saturated carbocycles. The first-order valence-electron chi connectivity index (χ1n) is 12.3. The fraction of sp³-hybridized carbons (Fsp3) is 0.333. The van der Waals surface area contributed by atoms with Crippen molar-refractivity contribution in [3.63, 3.8) is 0 Å². The first-order chi connectivity index (χ1) is 17.9. The Balaban J connectivity index is 1.34. The molecule has 1 aliphatic heterocycles. The van der Waals surface area contributed by atoms with Gasteiger partial charge in [-0.3, -0.25) is 4.90 Å². The van der Waals surface area contributed by atoms with E-state index in [1.807, 2.05) is 6.20 Å². The van der Waals surface area contributed by atoms with E-state index in [4.69, 9.17) is 21.3 Å². The van der Waals surface area contributed by atoms with Gasteiger partial charge in [-0.05, 0) is 56.2 Å². The highest BCUT2D eigenvalue weighted by Crippen LogP contribution is 2.33. The zero-order valence-electron chi connectivity index (χ0n) is 20.8. The number of fused-ring (bicyclic) bond motifs is 1. The number of thiazole rings is 1. The third-order valence-corrected chi connectivity index (χ3v) is 7.86. The number of aliphatic hydroxyl groups is 1. The molecule has 1 saturated heterocycles. The van der Waals surface area contributed by atoms with E-state index in [1.165, 1.54) is 0 Å². The minimum atomic E-state index is -0.357. The van der Waals surface area contributed by atoms with Crippen molar-refractivity contribution in [2.75, 3.05) is 30.8 Å². The highest BCUT2D eigenvalue weighted by atomic mass is 35.5. The van der Waals surface area contributed by atoms with E-state index in [2.05, 4.69) is 50.6 Å². The second-order valence-electron chi connectivity index (χ2n) is 9.14. The summed E-state index contributed by atoms with van der Waals surface area (Å²) in [6, 6.07) is 11.0. The first-order valence-corrected chi connectivity index (χ1v) is 13.6. The van der Waals surface area contributed by atoms with E-state index in [0.717, 1.165) is 71.9 Å². The van der Waals surface area contributed by atoms with Gasteiger partial charge in [-0.1, -0.05) is 11.6 Å². The molecule has 0 bridgehead atoms. The lowest BCUT2D eigenvalue weighted by Crippen LogP contribution is -2.35. The summed E-state index contributed by atoms with van der Waals surface area (Å²) in [7, 11) is 1.55. The molecule has 0 spiro atoms. The number of aliphatic hydroxyl groups excluding tert-OH is 1. The van der Waals surface area contributed by atoms with Crippen LogP contribution in [0.4, 0.5) is 16.2 Å². The monoisotopic (exact) mass is 539 g/mol. The van der Waals surface area contributed by atoms with Crippen molar-refractivity contribution < 1.29 is 14.6 Å². The van der Waals surface area contributed by atoms with Gasteiger partial charge in [-0.25, -0.2) is 9.78 Å². The van der Waals surface area contributed by atoms with Gasteiger partial charge in [0, 0.05) is 54.4 Å². The number of aryl methyl sites for hydroxylation is 1. The van der Waals surface area contributed by atoms with Crippen molar-refractivity contribution in [3.05, 3.63) is 58.7 Å². The number of anilines is 2. The van der Waals surface area contributed by atoms with Crippen LogP contribution in [0.15, 0.2) is 48.0 Å². The maximum absolute atomic E-state index is 12.8. The summed E-state index contributed by atoms with van der Waals surface area (Å²) in [5.41, 5.74) is 4.38. The van der Waals surface area contributed by atoms with Gasteiger partial charge in [-0.15, -0.1) is 11.3 Å². The fourth-order valence-electron chi connectivity index (χ4n) is 4.64. The summed E-state index contributed by atoms with van der Waals surface area (Å²) in [5.74, 6) is 0.547. The largest absolute Gasteiger partial charge is 0.495 e. The number of hydrogen-bond acceptors (Lipinski definition) is 6. The number of aromatic nitrogens is 2. The van der Waals surface area contributed by atoms with E-state index in [0.29, 0.717) is 16.5 Å². The number of likely N-dealkylation sites (tertiary alicyclic amines) is 1. The summed E-state index contributed by atoms with van der Waals surface area (Å²) in [6.45, 7) is 5.43. The fourth-order valence-corrected chi connectivity index (χ4v) is 5.70. The van der Waals surface area contributed by atoms with Crippen molar-refractivity contribution in [1.29, 1.82) is 0 Å². The maximum Gasteiger partial charge on any atom is 0.323 e. The normalized spacial score (nSPS) is 14.7. The van der Waals surface area contributed by atoms with Gasteiger partial charge in [0.25, 0.3) is 0 Å². The predicted octanol–water partition coefficient (Wildman–Crippen LogP) is 6.05. The number of rotatable bonds is 7. The number of benzene rings is 2. The van der Waals surface area contributed by atoms with Crippen LogP contribution >= 0.6 is 22.9 Å². The Labute approximate surface area is 224 Å². The topological polar surface area (TPSA) is 91.7 Å². The number of nitrogens with zero attached hydrogens (tertiary/aromatic N) is 3. The van der Waals surface area contributed by atoms with Crippen LogP contribution in [0.3, 0.4) is 0 Å². The Hall–Kier alpha value is -3.11. The van der Waals surface area contributed by atoms with E-state index < -0.39 is 0 Å². The zero-order valence-corrected chi connectivity index (χ0v) is 22.4. The van der Waals surface area contributed by atoms with Crippen LogP contribution < -0.4 is 15.4 Å². The van der Waals surface area contributed by atoms with Crippen molar-refractivity contribution in [2.45, 2.75) is 39.0 Å². The molecule has 10 heteroatoms. The first kappa shape index (κ1) is 25.5. The van der Waals surface area contributed by atoms with Crippen LogP contribution in [-0.4, -0.2) is 51.9 Å². The summed E-state index contributed by atoms with van der Waals surface area (Å²) >= 11 is 7.82. The predicted molar refractivity (Wildman–Crippen MR) is 150 cm³/mol. The maximum atomic E-state index is 12.8. The average Bonchev–Trinajstić information content (AvgIpc) is 3.50. The highest BCUT2D eigenvalue weighted by Gasteiger charge is 2.19. The second kappa shape index (κ2) is 11.1. The van der Waals surface area contributed by atoms with E-state index in [-0.39, 0.29) is 12.1 Å². The van der Waals surface area contributed by atoms with Crippen molar-refractivity contribution >= 4 is 51.2 Å². The zero-order chi connectivity index (χ0) is 25.9. The number of ether oxygens (including phenoxy) is 1. The van der Waals surface area contributed by atoms with Crippen molar-refractivity contribution in [2.24, 2.45) is 0 Å². The van der Waals surface area contributed by atoms with Gasteiger partial charge in [0.15, 0.2) is 0 Å². The minimum absolute atomic E-state index is 0.178. The number of piperidine rings is 1. The van der Waals surface area contributed by atoms with Crippen LogP contribution in [0.25, 0.3) is 21.5 Å². The number of methoxy groups -OCH3 is 1. The van der Waals surface area contributed by atoms with Crippen molar-refractivity contribution in [3.8, 4) is 16.3 Å². The van der Waals surface area contributed by atoms with E-state index >= 15 is 0 Å². The molecule has 3 N–H and O–H groups in total. The van der Waals surface area contributed by atoms with Gasteiger partial charge >= 0.3 is 6.03 Å². The van der Waals surface area contributed by atoms with Gasteiger partial charge in [0.05, 0.1) is 35.1 Å². The molecule has 1 aliphatic rings. The molecule has 5 rings (SSSR count). The van der Waals surface area contributed by atoms with E-state index in [9.17, 15) is 9.90 Å². The lowest BCUT2D eigenvalue weighted by atomic mass is 10.1. The summed E-state index contributed by atoms with van der Waals surface area (Å²) in [6.07, 6.45) is 3.41. The lowest BCUT2D eigenvalue weighted by molar-refractivity contribution is 0.0787. The molecule has 8 nitrogen and oxygen atoms in total. The molecule has 0 aliphatic carbocycles. The molecular formula is C27H30ClN5O3S. The third-order valence-electron chi connectivity index (χ3n) is 6.62. The van der Waals surface area contributed by atoms with Gasteiger partial charge in [-0.2, -0.15) is 0 Å². The molecule has 4 aromatic rings. The molecule has 37 heavy (non-hydrogen) atoms. The third kappa shape index (κ3) is 5.75. The molecule has 1 fully saturated rings. The van der Waals surface area contributed by atoms with Gasteiger partial charge < -0.3 is 25.0 Å². The summed E-state index contributed by atoms with van der Waals surface area (Å²) < 4.78 is 7.28.